The number of carbonyl (C=O) groups excluding carboxylic acids is 2. The van der Waals surface area contributed by atoms with Crippen molar-refractivity contribution in [1.82, 2.24) is 0 Å². The molecule has 0 N–H and O–H groups in total. The van der Waals surface area contributed by atoms with Gasteiger partial charge in [0.25, 0.3) is 0 Å². The number of esters is 2. The van der Waals surface area contributed by atoms with E-state index in [0.717, 1.165) is 38.2 Å². The zero-order valence-corrected chi connectivity index (χ0v) is 20.7. The van der Waals surface area contributed by atoms with Gasteiger partial charge in [0.1, 0.15) is 6.10 Å². The van der Waals surface area contributed by atoms with Crippen LogP contribution in [-0.4, -0.2) is 32.5 Å². The lowest BCUT2D eigenvalue weighted by molar-refractivity contribution is -0.144. The molecule has 1 saturated carbocycles. The fourth-order valence-electron chi connectivity index (χ4n) is 3.31. The molecule has 0 heterocycles. The first-order valence-corrected chi connectivity index (χ1v) is 13.8. The van der Waals surface area contributed by atoms with Crippen LogP contribution in [-0.2, 0) is 23.5 Å². The molecule has 1 aliphatic carbocycles. The van der Waals surface area contributed by atoms with E-state index in [1.54, 1.807) is 0 Å². The largest absolute Gasteiger partial charge is 0.458 e. The molecule has 0 amide bonds. The van der Waals surface area contributed by atoms with Crippen molar-refractivity contribution in [2.45, 2.75) is 110 Å². The van der Waals surface area contributed by atoms with Crippen LogP contribution in [0.1, 0.15) is 80.1 Å². The average Bonchev–Trinajstić information content (AvgIpc) is 2.91. The summed E-state index contributed by atoms with van der Waals surface area (Å²) >= 11 is 0. The van der Waals surface area contributed by atoms with Crippen molar-refractivity contribution >= 4 is 20.3 Å². The van der Waals surface area contributed by atoms with E-state index in [2.05, 4.69) is 40.8 Å². The Bertz CT molecular complexity index is 564. The van der Waals surface area contributed by atoms with Crippen LogP contribution in [0.3, 0.4) is 0 Å². The molecule has 0 aromatic carbocycles. The summed E-state index contributed by atoms with van der Waals surface area (Å²) in [5, 5.41) is 0.127. The number of carbonyl (C=O) groups is 2. The Kier molecular flexibility index (Phi) is 10.1. The Morgan fingerprint density at radius 2 is 1.83 bits per heavy atom. The molecular formula is C23H41O5Si. The summed E-state index contributed by atoms with van der Waals surface area (Å²) in [4.78, 5) is 23.0. The number of ether oxygens (including phenoxy) is 2. The van der Waals surface area contributed by atoms with Gasteiger partial charge in [0.05, 0.1) is 0 Å². The topological polar surface area (TPSA) is 61.8 Å². The summed E-state index contributed by atoms with van der Waals surface area (Å²) in [5.41, 5.74) is 0. The summed E-state index contributed by atoms with van der Waals surface area (Å²) in [7, 11) is -1.90. The maximum absolute atomic E-state index is 11.6. The quantitative estimate of drug-likeness (QED) is 0.187. The Labute approximate surface area is 178 Å². The molecule has 1 fully saturated rings. The smallest absolute Gasteiger partial charge is 0.303 e. The fourth-order valence-corrected chi connectivity index (χ4v) is 4.67. The second-order valence-corrected chi connectivity index (χ2v) is 14.4. The molecule has 5 nitrogen and oxygen atoms in total. The van der Waals surface area contributed by atoms with Crippen molar-refractivity contribution < 1.29 is 23.5 Å². The Morgan fingerprint density at radius 1 is 1.17 bits per heavy atom. The van der Waals surface area contributed by atoms with Crippen molar-refractivity contribution in [3.05, 3.63) is 18.3 Å². The van der Waals surface area contributed by atoms with E-state index < -0.39 is 8.32 Å². The van der Waals surface area contributed by atoms with Crippen LogP contribution in [0.15, 0.2) is 12.2 Å². The third-order valence-corrected chi connectivity index (χ3v) is 10.4. The third-order valence-electron chi connectivity index (χ3n) is 5.87. The van der Waals surface area contributed by atoms with Gasteiger partial charge in [-0.1, -0.05) is 46.6 Å². The summed E-state index contributed by atoms with van der Waals surface area (Å²) in [6.07, 6.45) is 10.0. The molecule has 0 saturated heterocycles. The minimum Gasteiger partial charge on any atom is -0.458 e. The molecule has 1 rings (SSSR count). The Morgan fingerprint density at radius 3 is 2.34 bits per heavy atom. The Balaban J connectivity index is 2.86. The van der Waals surface area contributed by atoms with E-state index >= 15 is 0 Å². The maximum Gasteiger partial charge on any atom is 0.303 e. The molecule has 1 radical (unpaired) electrons. The predicted octanol–water partition coefficient (Wildman–Crippen LogP) is 5.95. The molecule has 0 unspecified atom stereocenters. The van der Waals surface area contributed by atoms with Gasteiger partial charge in [0.2, 0.25) is 0 Å². The van der Waals surface area contributed by atoms with Gasteiger partial charge in [-0.3, -0.25) is 9.59 Å². The first-order valence-electron chi connectivity index (χ1n) is 10.9. The van der Waals surface area contributed by atoms with Gasteiger partial charge >= 0.3 is 11.9 Å². The van der Waals surface area contributed by atoms with Gasteiger partial charge in [-0.25, -0.2) is 0 Å². The van der Waals surface area contributed by atoms with Crippen LogP contribution in [0.25, 0.3) is 0 Å². The van der Waals surface area contributed by atoms with Gasteiger partial charge < -0.3 is 13.9 Å². The van der Waals surface area contributed by atoms with Crippen molar-refractivity contribution in [2.75, 3.05) is 0 Å². The summed E-state index contributed by atoms with van der Waals surface area (Å²) in [6.45, 7) is 16.2. The highest BCUT2D eigenvalue weighted by molar-refractivity contribution is 6.74. The lowest BCUT2D eigenvalue weighted by atomic mass is 10.0. The van der Waals surface area contributed by atoms with Crippen molar-refractivity contribution in [3.63, 3.8) is 0 Å². The molecule has 0 spiro atoms. The maximum atomic E-state index is 11.6. The van der Waals surface area contributed by atoms with Gasteiger partial charge in [0, 0.05) is 32.3 Å². The number of hydrogen-bond acceptors (Lipinski definition) is 5. The summed E-state index contributed by atoms with van der Waals surface area (Å²) in [6, 6.07) is 0. The van der Waals surface area contributed by atoms with Crippen LogP contribution >= 0.6 is 0 Å². The van der Waals surface area contributed by atoms with Crippen LogP contribution in [0, 0.1) is 12.0 Å². The normalized spacial score (nSPS) is 22.1. The van der Waals surface area contributed by atoms with Crippen LogP contribution in [0.5, 0.6) is 0 Å². The van der Waals surface area contributed by atoms with Gasteiger partial charge in [-0.15, -0.1) is 0 Å². The van der Waals surface area contributed by atoms with Crippen molar-refractivity contribution in [3.8, 4) is 0 Å². The molecule has 3 atom stereocenters. The van der Waals surface area contributed by atoms with E-state index in [1.165, 1.54) is 13.8 Å². The van der Waals surface area contributed by atoms with Crippen LogP contribution in [0.2, 0.25) is 18.1 Å². The van der Waals surface area contributed by atoms with Gasteiger partial charge in [0.15, 0.2) is 14.4 Å². The second-order valence-electron chi connectivity index (χ2n) is 9.64. The highest BCUT2D eigenvalue weighted by Crippen LogP contribution is 2.43. The first-order chi connectivity index (χ1) is 13.4. The van der Waals surface area contributed by atoms with E-state index in [4.69, 9.17) is 13.9 Å². The molecule has 29 heavy (non-hydrogen) atoms. The standard InChI is InChI=1S/C23H41O5Si/c1-9-10-11-12-20(26-17(2)24)14-13-19-15-21(16-22(19)27-18(3)25)28-29(7,8)23(4,5)6/h13-14,19-21H,9-12,15-16H2,1-8H3/b14-13+/t19-,20+,21-/m1/s1. The molecule has 0 bridgehead atoms. The number of unbranched alkanes of at least 4 members (excludes halogenated alkanes) is 2. The highest BCUT2D eigenvalue weighted by Gasteiger charge is 2.44. The zero-order valence-electron chi connectivity index (χ0n) is 19.7. The molecule has 0 aliphatic heterocycles. The Hall–Kier alpha value is -1.14. The average molecular weight is 426 g/mol. The minimum absolute atomic E-state index is 0.00194. The zero-order chi connectivity index (χ0) is 22.2. The number of hydrogen-bond donors (Lipinski definition) is 0. The van der Waals surface area contributed by atoms with E-state index in [0.29, 0.717) is 6.42 Å². The molecule has 0 aromatic rings. The molecule has 6 heteroatoms. The fraction of sp³-hybridized carbons (Fsp3) is 0.783. The van der Waals surface area contributed by atoms with Gasteiger partial charge in [-0.2, -0.15) is 0 Å². The molecule has 1 aliphatic rings. The predicted molar refractivity (Wildman–Crippen MR) is 119 cm³/mol. The lowest BCUT2D eigenvalue weighted by Gasteiger charge is -2.38. The number of rotatable bonds is 10. The van der Waals surface area contributed by atoms with Crippen LogP contribution < -0.4 is 0 Å². The third kappa shape index (κ3) is 9.03. The first kappa shape index (κ1) is 25.9. The van der Waals surface area contributed by atoms with Gasteiger partial charge in [-0.05, 0) is 43.5 Å². The molecule has 167 valence electrons. The highest BCUT2D eigenvalue weighted by atomic mass is 28.4. The minimum atomic E-state index is -1.90. The van der Waals surface area contributed by atoms with E-state index in [1.807, 2.05) is 12.2 Å². The van der Waals surface area contributed by atoms with Crippen LogP contribution in [0.4, 0.5) is 0 Å². The van der Waals surface area contributed by atoms with Crippen molar-refractivity contribution in [1.29, 1.82) is 0 Å². The monoisotopic (exact) mass is 425 g/mol. The molecule has 0 aromatic heterocycles. The summed E-state index contributed by atoms with van der Waals surface area (Å²) in [5.74, 6) is -0.574. The SMILES string of the molecule is CCCCC[C@@H](/C=C/[C@@H]1C[C@@H](O[Si](C)(C)C(C)(C)C)C[C]1OC(C)=O)OC(C)=O. The lowest BCUT2D eigenvalue weighted by Crippen LogP contribution is -2.43. The summed E-state index contributed by atoms with van der Waals surface area (Å²) < 4.78 is 17.5. The molecular weight excluding hydrogens is 384 g/mol. The second kappa shape index (κ2) is 11.3. The van der Waals surface area contributed by atoms with E-state index in [-0.39, 0.29) is 35.1 Å². The van der Waals surface area contributed by atoms with E-state index in [9.17, 15) is 9.59 Å². The van der Waals surface area contributed by atoms with Crippen molar-refractivity contribution in [2.24, 2.45) is 5.92 Å².